The first-order valence-corrected chi connectivity index (χ1v) is 15.1. The summed E-state index contributed by atoms with van der Waals surface area (Å²) in [4.78, 5) is 18.2. The zero-order chi connectivity index (χ0) is 30.0. The lowest BCUT2D eigenvalue weighted by atomic mass is 9.77. The lowest BCUT2D eigenvalue weighted by Crippen LogP contribution is -2.19. The molecule has 0 atom stereocenters. The van der Waals surface area contributed by atoms with E-state index in [0.29, 0.717) is 53.7 Å². The second-order valence-corrected chi connectivity index (χ2v) is 12.2. The largest absolute Gasteiger partial charge is 0.491 e. The summed E-state index contributed by atoms with van der Waals surface area (Å²) in [6, 6.07) is 13.3. The van der Waals surface area contributed by atoms with Crippen LogP contribution in [0, 0.1) is 11.3 Å². The molecule has 0 amide bonds. The molecule has 3 rings (SSSR count). The van der Waals surface area contributed by atoms with E-state index in [1.807, 2.05) is 44.2 Å². The van der Waals surface area contributed by atoms with Crippen molar-refractivity contribution in [2.45, 2.75) is 50.3 Å². The summed E-state index contributed by atoms with van der Waals surface area (Å²) in [6.07, 6.45) is 6.09. The standard InChI is InChI=1S/C29H32ClN3O7S/c1-29(2,22-7-9-24(10-8-22)40-18-20-16-32-28(33-17-20)41(3,36)37)23-13-21(15-31)27(25(30)14-23)39-12-6-4-5-11-38-19-26(34)35/h7-10,13-14,16-17H,4-6,11-12,18-19H2,1-3H3,(H,34,35). The highest BCUT2D eigenvalue weighted by molar-refractivity contribution is 7.90. The Hall–Kier alpha value is -3.72. The van der Waals surface area contributed by atoms with E-state index in [4.69, 9.17) is 30.9 Å². The van der Waals surface area contributed by atoms with Crippen LogP contribution in [0.15, 0.2) is 53.9 Å². The Balaban J connectivity index is 1.61. The zero-order valence-electron chi connectivity index (χ0n) is 23.1. The number of hydrogen-bond acceptors (Lipinski definition) is 9. The van der Waals surface area contributed by atoms with Crippen LogP contribution in [0.2, 0.25) is 5.02 Å². The van der Waals surface area contributed by atoms with Crippen molar-refractivity contribution in [3.8, 4) is 17.6 Å². The molecule has 1 N–H and O–H groups in total. The molecule has 1 heterocycles. The second-order valence-electron chi connectivity index (χ2n) is 9.89. The molecule has 0 saturated heterocycles. The van der Waals surface area contributed by atoms with Gasteiger partial charge in [-0.1, -0.05) is 37.6 Å². The van der Waals surface area contributed by atoms with Gasteiger partial charge in [-0.15, -0.1) is 0 Å². The smallest absolute Gasteiger partial charge is 0.329 e. The molecule has 2 aromatic carbocycles. The third kappa shape index (κ3) is 9.14. The summed E-state index contributed by atoms with van der Waals surface area (Å²) in [7, 11) is -3.46. The van der Waals surface area contributed by atoms with Crippen LogP contribution in [-0.2, 0) is 31.4 Å². The fourth-order valence-electron chi connectivity index (χ4n) is 3.91. The van der Waals surface area contributed by atoms with Crippen molar-refractivity contribution in [2.75, 3.05) is 26.1 Å². The van der Waals surface area contributed by atoms with E-state index in [9.17, 15) is 18.5 Å². The minimum absolute atomic E-state index is 0.174. The van der Waals surface area contributed by atoms with Gasteiger partial charge in [-0.2, -0.15) is 5.26 Å². The average molecular weight is 602 g/mol. The highest BCUT2D eigenvalue weighted by Gasteiger charge is 2.26. The Morgan fingerprint density at radius 1 is 1.02 bits per heavy atom. The van der Waals surface area contributed by atoms with Gasteiger partial charge in [-0.05, 0) is 54.7 Å². The van der Waals surface area contributed by atoms with Crippen molar-refractivity contribution >= 4 is 27.4 Å². The summed E-state index contributed by atoms with van der Waals surface area (Å²) in [6.45, 7) is 4.66. The second kappa shape index (κ2) is 14.3. The highest BCUT2D eigenvalue weighted by atomic mass is 35.5. The average Bonchev–Trinajstić information content (AvgIpc) is 2.93. The van der Waals surface area contributed by atoms with E-state index in [-0.39, 0.29) is 18.4 Å². The summed E-state index contributed by atoms with van der Waals surface area (Å²) in [5.74, 6) is -0.0356. The Morgan fingerprint density at radius 3 is 2.29 bits per heavy atom. The SMILES string of the molecule is CC(C)(c1ccc(OCc2cnc(S(C)(=O)=O)nc2)cc1)c1cc(Cl)c(OCCCCCOCC(=O)O)c(C#N)c1. The van der Waals surface area contributed by atoms with E-state index >= 15 is 0 Å². The van der Waals surface area contributed by atoms with Crippen LogP contribution >= 0.6 is 11.6 Å². The number of aliphatic carboxylic acids is 1. The minimum Gasteiger partial charge on any atom is -0.491 e. The van der Waals surface area contributed by atoms with Gasteiger partial charge in [0.1, 0.15) is 25.0 Å². The van der Waals surface area contributed by atoms with E-state index in [0.717, 1.165) is 23.8 Å². The molecule has 0 bridgehead atoms. The van der Waals surface area contributed by atoms with Crippen LogP contribution in [0.3, 0.4) is 0 Å². The normalized spacial score (nSPS) is 11.6. The summed E-state index contributed by atoms with van der Waals surface area (Å²) in [5, 5.41) is 18.5. The summed E-state index contributed by atoms with van der Waals surface area (Å²) in [5.41, 5.74) is 2.31. The van der Waals surface area contributed by atoms with E-state index in [2.05, 4.69) is 16.0 Å². The Bertz CT molecular complexity index is 1490. The molecule has 0 aliphatic carbocycles. The van der Waals surface area contributed by atoms with E-state index < -0.39 is 21.2 Å². The van der Waals surface area contributed by atoms with Crippen LogP contribution in [0.4, 0.5) is 0 Å². The van der Waals surface area contributed by atoms with Crippen LogP contribution in [0.5, 0.6) is 11.5 Å². The Labute approximate surface area is 244 Å². The molecule has 218 valence electrons. The molecule has 10 nitrogen and oxygen atoms in total. The molecule has 0 aliphatic rings. The van der Waals surface area contributed by atoms with Crippen molar-refractivity contribution in [3.63, 3.8) is 0 Å². The Kier molecular flexibility index (Phi) is 11.1. The van der Waals surface area contributed by atoms with Crippen LogP contribution in [0.25, 0.3) is 0 Å². The molecule has 0 radical (unpaired) electrons. The fourth-order valence-corrected chi connectivity index (χ4v) is 4.67. The van der Waals surface area contributed by atoms with Crippen molar-refractivity contribution in [2.24, 2.45) is 0 Å². The molecule has 0 fully saturated rings. The molecular formula is C29H32ClN3O7S. The van der Waals surface area contributed by atoms with Crippen molar-refractivity contribution in [3.05, 3.63) is 76.1 Å². The molecule has 0 aliphatic heterocycles. The molecule has 41 heavy (non-hydrogen) atoms. The summed E-state index contributed by atoms with van der Waals surface area (Å²) >= 11 is 6.56. The third-order valence-electron chi connectivity index (χ3n) is 6.29. The number of aromatic nitrogens is 2. The highest BCUT2D eigenvalue weighted by Crippen LogP contribution is 2.38. The summed E-state index contributed by atoms with van der Waals surface area (Å²) < 4.78 is 39.7. The number of nitriles is 1. The number of carbonyl (C=O) groups is 1. The number of sulfone groups is 1. The van der Waals surface area contributed by atoms with Gasteiger partial charge in [0.2, 0.25) is 15.0 Å². The number of unbranched alkanes of at least 4 members (excludes halogenated alkanes) is 2. The number of carboxylic acid groups (broad SMARTS) is 1. The number of nitrogens with zero attached hydrogens (tertiary/aromatic N) is 3. The number of benzene rings is 2. The van der Waals surface area contributed by atoms with Gasteiger partial charge in [-0.3, -0.25) is 0 Å². The van der Waals surface area contributed by atoms with Crippen molar-refractivity contribution in [1.82, 2.24) is 9.97 Å². The maximum Gasteiger partial charge on any atom is 0.329 e. The molecule has 12 heteroatoms. The van der Waals surface area contributed by atoms with Gasteiger partial charge in [0.25, 0.3) is 0 Å². The molecule has 0 saturated carbocycles. The first-order valence-electron chi connectivity index (χ1n) is 12.8. The van der Waals surface area contributed by atoms with Crippen molar-refractivity contribution < 1.29 is 32.5 Å². The number of ether oxygens (including phenoxy) is 3. The first-order chi connectivity index (χ1) is 19.4. The fraction of sp³-hybridized carbons (Fsp3) is 0.379. The lowest BCUT2D eigenvalue weighted by Gasteiger charge is -2.27. The number of halogens is 1. The van der Waals surface area contributed by atoms with Crippen LogP contribution in [0.1, 0.15) is 55.4 Å². The number of hydrogen-bond donors (Lipinski definition) is 1. The molecular weight excluding hydrogens is 570 g/mol. The first kappa shape index (κ1) is 31.8. The quantitative estimate of drug-likeness (QED) is 0.187. The zero-order valence-corrected chi connectivity index (χ0v) is 24.7. The van der Waals surface area contributed by atoms with Gasteiger partial charge >= 0.3 is 5.97 Å². The maximum atomic E-state index is 11.5. The number of carboxylic acids is 1. The third-order valence-corrected chi connectivity index (χ3v) is 7.44. The van der Waals surface area contributed by atoms with Gasteiger partial charge in [0.15, 0.2) is 5.75 Å². The van der Waals surface area contributed by atoms with Gasteiger partial charge in [0.05, 0.1) is 17.2 Å². The van der Waals surface area contributed by atoms with E-state index in [1.165, 1.54) is 12.4 Å². The molecule has 0 spiro atoms. The number of rotatable bonds is 15. The van der Waals surface area contributed by atoms with Gasteiger partial charge < -0.3 is 19.3 Å². The minimum atomic E-state index is -3.46. The van der Waals surface area contributed by atoms with Crippen LogP contribution < -0.4 is 9.47 Å². The molecule has 3 aromatic rings. The van der Waals surface area contributed by atoms with Crippen LogP contribution in [-0.4, -0.2) is 55.5 Å². The predicted molar refractivity (Wildman–Crippen MR) is 152 cm³/mol. The van der Waals surface area contributed by atoms with Crippen molar-refractivity contribution in [1.29, 1.82) is 5.26 Å². The Morgan fingerprint density at radius 2 is 1.68 bits per heavy atom. The topological polar surface area (TPSA) is 149 Å². The maximum absolute atomic E-state index is 11.5. The van der Waals surface area contributed by atoms with Gasteiger partial charge in [0, 0.05) is 36.2 Å². The van der Waals surface area contributed by atoms with Gasteiger partial charge in [-0.25, -0.2) is 23.2 Å². The monoisotopic (exact) mass is 601 g/mol. The molecule has 0 unspecified atom stereocenters. The molecule has 1 aromatic heterocycles. The lowest BCUT2D eigenvalue weighted by molar-refractivity contribution is -0.142. The van der Waals surface area contributed by atoms with E-state index in [1.54, 1.807) is 6.07 Å². The predicted octanol–water partition coefficient (Wildman–Crippen LogP) is 4.96.